The molecule has 1 aromatic heterocycles. The van der Waals surface area contributed by atoms with Crippen molar-refractivity contribution in [2.24, 2.45) is 0 Å². The first-order valence-corrected chi connectivity index (χ1v) is 8.91. The molecule has 1 heterocycles. The van der Waals surface area contributed by atoms with Crippen LogP contribution in [0, 0.1) is 18.6 Å². The number of benzene rings is 3. The Bertz CT molecular complexity index is 1250. The van der Waals surface area contributed by atoms with E-state index in [2.05, 4.69) is 5.10 Å². The van der Waals surface area contributed by atoms with Gasteiger partial charge in [0.05, 0.1) is 17.4 Å². The summed E-state index contributed by atoms with van der Waals surface area (Å²) < 4.78 is 70.6. The van der Waals surface area contributed by atoms with Crippen molar-refractivity contribution in [3.8, 4) is 5.69 Å². The summed E-state index contributed by atoms with van der Waals surface area (Å²) >= 11 is 0. The van der Waals surface area contributed by atoms with Gasteiger partial charge in [0.25, 0.3) is 0 Å². The van der Waals surface area contributed by atoms with Crippen LogP contribution in [-0.2, 0) is 5.60 Å². The topological polar surface area (TPSA) is 38.1 Å². The van der Waals surface area contributed by atoms with E-state index in [1.807, 2.05) is 0 Å². The van der Waals surface area contributed by atoms with Gasteiger partial charge in [-0.05, 0) is 66.1 Å². The van der Waals surface area contributed by atoms with Crippen LogP contribution in [0.15, 0.2) is 66.9 Å². The summed E-state index contributed by atoms with van der Waals surface area (Å²) in [4.78, 5) is 0. The van der Waals surface area contributed by atoms with E-state index in [1.54, 1.807) is 6.07 Å². The van der Waals surface area contributed by atoms with Gasteiger partial charge in [0.2, 0.25) is 5.60 Å². The average molecular weight is 418 g/mol. The Morgan fingerprint density at radius 2 is 1.60 bits per heavy atom. The lowest BCUT2D eigenvalue weighted by Gasteiger charge is -2.32. The standard InChI is InChI=1S/C22H15F5N2O/c1-13-9-15(5-7-19(13)24)21(30,22(25,26)27)16-6-8-20-14(10-16)12-28-29(20)18-4-2-3-17(23)11-18/h2-12,30H,1H3. The summed E-state index contributed by atoms with van der Waals surface area (Å²) in [6.45, 7) is 1.32. The molecular formula is C22H15F5N2O. The van der Waals surface area contributed by atoms with Crippen molar-refractivity contribution in [1.82, 2.24) is 9.78 Å². The van der Waals surface area contributed by atoms with E-state index in [-0.39, 0.29) is 5.56 Å². The van der Waals surface area contributed by atoms with Crippen molar-refractivity contribution < 1.29 is 27.1 Å². The molecule has 0 amide bonds. The zero-order valence-corrected chi connectivity index (χ0v) is 15.6. The maximum absolute atomic E-state index is 14.0. The molecule has 1 unspecified atom stereocenters. The maximum Gasteiger partial charge on any atom is 0.425 e. The Morgan fingerprint density at radius 1 is 0.900 bits per heavy atom. The van der Waals surface area contributed by atoms with Gasteiger partial charge in [0.15, 0.2) is 0 Å². The van der Waals surface area contributed by atoms with Crippen molar-refractivity contribution in [1.29, 1.82) is 0 Å². The third-order valence-electron chi connectivity index (χ3n) is 5.02. The summed E-state index contributed by atoms with van der Waals surface area (Å²) in [5.41, 5.74) is -3.46. The normalized spacial score (nSPS) is 14.1. The number of hydrogen-bond acceptors (Lipinski definition) is 2. The fourth-order valence-corrected chi connectivity index (χ4v) is 3.44. The Balaban J connectivity index is 1.88. The van der Waals surface area contributed by atoms with Crippen LogP contribution in [0.2, 0.25) is 0 Å². The number of aromatic nitrogens is 2. The Labute approximate surface area is 168 Å². The lowest BCUT2D eigenvalue weighted by molar-refractivity contribution is -0.248. The average Bonchev–Trinajstić information content (AvgIpc) is 3.12. The molecule has 0 saturated heterocycles. The van der Waals surface area contributed by atoms with Crippen LogP contribution in [0.25, 0.3) is 16.6 Å². The van der Waals surface area contributed by atoms with Gasteiger partial charge in [-0.15, -0.1) is 0 Å². The monoisotopic (exact) mass is 418 g/mol. The zero-order valence-electron chi connectivity index (χ0n) is 15.6. The highest BCUT2D eigenvalue weighted by Crippen LogP contribution is 2.45. The SMILES string of the molecule is Cc1cc(C(O)(c2ccc3c(cnn3-c3cccc(F)c3)c2)C(F)(F)F)ccc1F. The molecule has 0 saturated carbocycles. The predicted molar refractivity (Wildman–Crippen MR) is 101 cm³/mol. The molecular weight excluding hydrogens is 403 g/mol. The number of aliphatic hydroxyl groups is 1. The van der Waals surface area contributed by atoms with Crippen LogP contribution in [0.5, 0.6) is 0 Å². The summed E-state index contributed by atoms with van der Waals surface area (Å²) in [5, 5.41) is 15.2. The first-order chi connectivity index (χ1) is 14.1. The zero-order chi connectivity index (χ0) is 21.7. The van der Waals surface area contributed by atoms with E-state index < -0.39 is 34.5 Å². The number of aryl methyl sites for hydroxylation is 1. The largest absolute Gasteiger partial charge is 0.425 e. The number of nitrogens with zero attached hydrogens (tertiary/aromatic N) is 2. The van der Waals surface area contributed by atoms with Crippen molar-refractivity contribution in [2.45, 2.75) is 18.7 Å². The van der Waals surface area contributed by atoms with Crippen LogP contribution in [0.3, 0.4) is 0 Å². The van der Waals surface area contributed by atoms with Crippen molar-refractivity contribution >= 4 is 10.9 Å². The lowest BCUT2D eigenvalue weighted by Crippen LogP contribution is -2.43. The van der Waals surface area contributed by atoms with Crippen LogP contribution >= 0.6 is 0 Å². The fraction of sp³-hybridized carbons (Fsp3) is 0.136. The maximum atomic E-state index is 14.0. The molecule has 1 atom stereocenters. The summed E-state index contributed by atoms with van der Waals surface area (Å²) in [7, 11) is 0. The van der Waals surface area contributed by atoms with E-state index in [0.717, 1.165) is 24.3 Å². The summed E-state index contributed by atoms with van der Waals surface area (Å²) in [6.07, 6.45) is -3.74. The predicted octanol–water partition coefficient (Wildman–Crippen LogP) is 5.41. The highest BCUT2D eigenvalue weighted by Gasteiger charge is 2.56. The number of fused-ring (bicyclic) bond motifs is 1. The molecule has 30 heavy (non-hydrogen) atoms. The first-order valence-electron chi connectivity index (χ1n) is 8.91. The minimum absolute atomic E-state index is 0.0184. The second-order valence-electron chi connectivity index (χ2n) is 6.98. The summed E-state index contributed by atoms with van der Waals surface area (Å²) in [6, 6.07) is 12.1. The molecule has 3 nitrogen and oxygen atoms in total. The first kappa shape index (κ1) is 20.0. The van der Waals surface area contributed by atoms with E-state index in [1.165, 1.54) is 48.1 Å². The van der Waals surface area contributed by atoms with Crippen LogP contribution in [0.4, 0.5) is 22.0 Å². The molecule has 0 fully saturated rings. The molecule has 0 aliphatic rings. The van der Waals surface area contributed by atoms with Gasteiger partial charge < -0.3 is 5.11 Å². The van der Waals surface area contributed by atoms with Gasteiger partial charge in [-0.1, -0.05) is 18.2 Å². The smallest absolute Gasteiger partial charge is 0.372 e. The van der Waals surface area contributed by atoms with Crippen LogP contribution < -0.4 is 0 Å². The molecule has 0 bridgehead atoms. The van der Waals surface area contributed by atoms with E-state index in [4.69, 9.17) is 0 Å². The fourth-order valence-electron chi connectivity index (χ4n) is 3.44. The molecule has 3 aromatic carbocycles. The molecule has 154 valence electrons. The van der Waals surface area contributed by atoms with Gasteiger partial charge in [0, 0.05) is 5.39 Å². The number of hydrogen-bond donors (Lipinski definition) is 1. The molecule has 0 aliphatic carbocycles. The van der Waals surface area contributed by atoms with Gasteiger partial charge in [-0.3, -0.25) is 0 Å². The highest BCUT2D eigenvalue weighted by atomic mass is 19.4. The van der Waals surface area contributed by atoms with Gasteiger partial charge in [-0.2, -0.15) is 18.3 Å². The van der Waals surface area contributed by atoms with Crippen LogP contribution in [0.1, 0.15) is 16.7 Å². The van der Waals surface area contributed by atoms with Crippen molar-refractivity contribution in [3.63, 3.8) is 0 Å². The molecule has 4 rings (SSSR count). The third-order valence-corrected chi connectivity index (χ3v) is 5.02. The third kappa shape index (κ3) is 3.13. The van der Waals surface area contributed by atoms with Gasteiger partial charge in [-0.25, -0.2) is 13.5 Å². The second-order valence-corrected chi connectivity index (χ2v) is 6.98. The number of rotatable bonds is 3. The van der Waals surface area contributed by atoms with Crippen molar-refractivity contribution in [3.05, 3.63) is 95.2 Å². The van der Waals surface area contributed by atoms with E-state index >= 15 is 0 Å². The lowest BCUT2D eigenvalue weighted by atomic mass is 9.84. The molecule has 0 spiro atoms. The molecule has 4 aromatic rings. The van der Waals surface area contributed by atoms with E-state index in [0.29, 0.717) is 16.6 Å². The molecule has 1 N–H and O–H groups in total. The van der Waals surface area contributed by atoms with Gasteiger partial charge in [0.1, 0.15) is 11.6 Å². The molecule has 0 aliphatic heterocycles. The minimum Gasteiger partial charge on any atom is -0.372 e. The van der Waals surface area contributed by atoms with Crippen molar-refractivity contribution in [2.75, 3.05) is 0 Å². The molecule has 8 heteroatoms. The Morgan fingerprint density at radius 3 is 2.27 bits per heavy atom. The minimum atomic E-state index is -5.07. The number of halogens is 5. The number of alkyl halides is 3. The molecule has 0 radical (unpaired) electrons. The van der Waals surface area contributed by atoms with E-state index in [9.17, 15) is 27.1 Å². The Hall–Kier alpha value is -3.26. The highest BCUT2D eigenvalue weighted by molar-refractivity contribution is 5.81. The van der Waals surface area contributed by atoms with Gasteiger partial charge >= 0.3 is 6.18 Å². The quantitative estimate of drug-likeness (QED) is 0.452. The van der Waals surface area contributed by atoms with Crippen LogP contribution in [-0.4, -0.2) is 21.1 Å². The second kappa shape index (κ2) is 6.91. The summed E-state index contributed by atoms with van der Waals surface area (Å²) in [5.74, 6) is -1.15. The Kier molecular flexibility index (Phi) is 4.62.